The Hall–Kier alpha value is -2.32. The number of nitrogens with one attached hydrogen (secondary N) is 1. The maximum atomic E-state index is 11.7. The van der Waals surface area contributed by atoms with Crippen molar-refractivity contribution in [2.24, 2.45) is 0 Å². The Labute approximate surface area is 125 Å². The molecule has 0 heterocycles. The molecule has 0 bridgehead atoms. The standard InChI is InChI=1S/C16H16N2O2S/c1-2-21(19,20)16-9-7-15(8-10-16)18-12-14-5-3-13(11-17)4-6-14/h3-10,18H,2,12H2,1H3. The predicted molar refractivity (Wildman–Crippen MR) is 82.7 cm³/mol. The zero-order valence-electron chi connectivity index (χ0n) is 11.7. The lowest BCUT2D eigenvalue weighted by Crippen LogP contribution is -2.04. The van der Waals surface area contributed by atoms with Crippen LogP contribution in [0.1, 0.15) is 18.1 Å². The first-order valence-electron chi connectivity index (χ1n) is 6.61. The van der Waals surface area contributed by atoms with E-state index in [0.717, 1.165) is 11.3 Å². The molecule has 1 N–H and O–H groups in total. The highest BCUT2D eigenvalue weighted by Gasteiger charge is 2.10. The fraction of sp³-hybridized carbons (Fsp3) is 0.188. The molecule has 0 aliphatic rings. The number of nitrogens with zero attached hydrogens (tertiary/aromatic N) is 1. The summed E-state index contributed by atoms with van der Waals surface area (Å²) in [5.41, 5.74) is 2.54. The van der Waals surface area contributed by atoms with Gasteiger partial charge in [-0.1, -0.05) is 19.1 Å². The van der Waals surface area contributed by atoms with E-state index >= 15 is 0 Å². The van der Waals surface area contributed by atoms with Crippen molar-refractivity contribution < 1.29 is 8.42 Å². The van der Waals surface area contributed by atoms with Crippen LogP contribution in [0.2, 0.25) is 0 Å². The lowest BCUT2D eigenvalue weighted by molar-refractivity contribution is 0.597. The fourth-order valence-corrected chi connectivity index (χ4v) is 2.73. The van der Waals surface area contributed by atoms with Crippen LogP contribution in [0, 0.1) is 11.3 Å². The van der Waals surface area contributed by atoms with Crippen molar-refractivity contribution in [2.75, 3.05) is 11.1 Å². The quantitative estimate of drug-likeness (QED) is 0.921. The van der Waals surface area contributed by atoms with Gasteiger partial charge in [0.15, 0.2) is 9.84 Å². The van der Waals surface area contributed by atoms with E-state index in [2.05, 4.69) is 11.4 Å². The Morgan fingerprint density at radius 3 is 2.19 bits per heavy atom. The minimum Gasteiger partial charge on any atom is -0.381 e. The summed E-state index contributed by atoms with van der Waals surface area (Å²) in [6.45, 7) is 2.25. The van der Waals surface area contributed by atoms with Gasteiger partial charge < -0.3 is 5.32 Å². The summed E-state index contributed by atoms with van der Waals surface area (Å²) in [7, 11) is -3.15. The smallest absolute Gasteiger partial charge is 0.178 e. The van der Waals surface area contributed by atoms with Gasteiger partial charge >= 0.3 is 0 Å². The summed E-state index contributed by atoms with van der Waals surface area (Å²) in [6, 6.07) is 16.1. The van der Waals surface area contributed by atoms with E-state index in [0.29, 0.717) is 17.0 Å². The highest BCUT2D eigenvalue weighted by Crippen LogP contribution is 2.16. The molecule has 0 unspecified atom stereocenters. The van der Waals surface area contributed by atoms with Crippen molar-refractivity contribution in [3.8, 4) is 6.07 Å². The number of hydrogen-bond acceptors (Lipinski definition) is 4. The molecule has 2 aromatic carbocycles. The first kappa shape index (κ1) is 15.1. The van der Waals surface area contributed by atoms with Crippen LogP contribution in [0.4, 0.5) is 5.69 Å². The zero-order valence-corrected chi connectivity index (χ0v) is 12.5. The minimum absolute atomic E-state index is 0.102. The van der Waals surface area contributed by atoms with E-state index < -0.39 is 9.84 Å². The van der Waals surface area contributed by atoms with Crippen LogP contribution in [-0.4, -0.2) is 14.2 Å². The van der Waals surface area contributed by atoms with Crippen LogP contribution >= 0.6 is 0 Å². The third-order valence-corrected chi connectivity index (χ3v) is 4.92. The van der Waals surface area contributed by atoms with Crippen molar-refractivity contribution in [3.63, 3.8) is 0 Å². The maximum absolute atomic E-state index is 11.7. The minimum atomic E-state index is -3.15. The number of hydrogen-bond donors (Lipinski definition) is 1. The van der Waals surface area contributed by atoms with E-state index in [1.54, 1.807) is 43.3 Å². The van der Waals surface area contributed by atoms with Gasteiger partial charge in [0, 0.05) is 12.2 Å². The third kappa shape index (κ3) is 3.83. The average Bonchev–Trinajstić information content (AvgIpc) is 2.54. The summed E-state index contributed by atoms with van der Waals surface area (Å²) in [4.78, 5) is 0.342. The molecule has 0 aliphatic carbocycles. The topological polar surface area (TPSA) is 70.0 Å². The van der Waals surface area contributed by atoms with Gasteiger partial charge in [-0.3, -0.25) is 0 Å². The van der Waals surface area contributed by atoms with Crippen LogP contribution < -0.4 is 5.32 Å². The van der Waals surface area contributed by atoms with Gasteiger partial charge in [-0.25, -0.2) is 8.42 Å². The third-order valence-electron chi connectivity index (χ3n) is 3.17. The maximum Gasteiger partial charge on any atom is 0.178 e. The van der Waals surface area contributed by atoms with E-state index in [9.17, 15) is 8.42 Å². The van der Waals surface area contributed by atoms with Crippen molar-refractivity contribution in [1.82, 2.24) is 0 Å². The summed E-state index contributed by atoms with van der Waals surface area (Å²) in [5.74, 6) is 0.102. The molecule has 0 atom stereocenters. The first-order valence-corrected chi connectivity index (χ1v) is 8.26. The molecule has 0 fully saturated rings. The molecule has 2 rings (SSSR count). The number of benzene rings is 2. The molecule has 108 valence electrons. The van der Waals surface area contributed by atoms with Crippen LogP contribution in [0.15, 0.2) is 53.4 Å². The molecule has 0 radical (unpaired) electrons. The van der Waals surface area contributed by atoms with Gasteiger partial charge in [-0.2, -0.15) is 5.26 Å². The van der Waals surface area contributed by atoms with Crippen LogP contribution in [-0.2, 0) is 16.4 Å². The van der Waals surface area contributed by atoms with Crippen molar-refractivity contribution in [3.05, 3.63) is 59.7 Å². The normalized spacial score (nSPS) is 10.9. The van der Waals surface area contributed by atoms with Gasteiger partial charge in [0.1, 0.15) is 0 Å². The van der Waals surface area contributed by atoms with Crippen molar-refractivity contribution in [2.45, 2.75) is 18.4 Å². The van der Waals surface area contributed by atoms with E-state index in [1.807, 2.05) is 12.1 Å². The Kier molecular flexibility index (Phi) is 4.61. The number of sulfone groups is 1. The highest BCUT2D eigenvalue weighted by atomic mass is 32.2. The van der Waals surface area contributed by atoms with Gasteiger partial charge in [0.25, 0.3) is 0 Å². The lowest BCUT2D eigenvalue weighted by Gasteiger charge is -2.08. The van der Waals surface area contributed by atoms with Crippen molar-refractivity contribution >= 4 is 15.5 Å². The molecule has 0 saturated carbocycles. The molecule has 5 heteroatoms. The highest BCUT2D eigenvalue weighted by molar-refractivity contribution is 7.91. The SMILES string of the molecule is CCS(=O)(=O)c1ccc(NCc2ccc(C#N)cc2)cc1. The Morgan fingerprint density at radius 2 is 1.67 bits per heavy atom. The Morgan fingerprint density at radius 1 is 1.05 bits per heavy atom. The average molecular weight is 300 g/mol. The second-order valence-corrected chi connectivity index (χ2v) is 6.87. The van der Waals surface area contributed by atoms with E-state index in [4.69, 9.17) is 5.26 Å². The largest absolute Gasteiger partial charge is 0.381 e. The molecule has 0 aromatic heterocycles. The van der Waals surface area contributed by atoms with E-state index in [1.165, 1.54) is 0 Å². The molecule has 0 aliphatic heterocycles. The molecular weight excluding hydrogens is 284 g/mol. The molecule has 2 aromatic rings. The van der Waals surface area contributed by atoms with Crippen LogP contribution in [0.5, 0.6) is 0 Å². The van der Waals surface area contributed by atoms with Gasteiger partial charge in [0.2, 0.25) is 0 Å². The number of rotatable bonds is 5. The summed E-state index contributed by atoms with van der Waals surface area (Å²) >= 11 is 0. The zero-order chi connectivity index (χ0) is 15.3. The lowest BCUT2D eigenvalue weighted by atomic mass is 10.1. The molecular formula is C16H16N2O2S. The number of nitriles is 1. The Balaban J connectivity index is 2.02. The summed E-state index contributed by atoms with van der Waals surface area (Å²) in [5, 5.41) is 12.0. The number of anilines is 1. The fourth-order valence-electron chi connectivity index (χ4n) is 1.85. The molecule has 21 heavy (non-hydrogen) atoms. The molecule has 4 nitrogen and oxygen atoms in total. The van der Waals surface area contributed by atoms with Gasteiger partial charge in [-0.05, 0) is 42.0 Å². The Bertz CT molecular complexity index is 742. The second-order valence-electron chi connectivity index (χ2n) is 4.59. The van der Waals surface area contributed by atoms with Crippen LogP contribution in [0.25, 0.3) is 0 Å². The predicted octanol–water partition coefficient (Wildman–Crippen LogP) is 2.96. The van der Waals surface area contributed by atoms with Gasteiger partial charge in [-0.15, -0.1) is 0 Å². The molecule has 0 saturated heterocycles. The van der Waals surface area contributed by atoms with Crippen molar-refractivity contribution in [1.29, 1.82) is 5.26 Å². The molecule has 0 spiro atoms. The summed E-state index contributed by atoms with van der Waals surface area (Å²) in [6.07, 6.45) is 0. The second kappa shape index (κ2) is 6.42. The van der Waals surface area contributed by atoms with Gasteiger partial charge in [0.05, 0.1) is 22.3 Å². The summed E-state index contributed by atoms with van der Waals surface area (Å²) < 4.78 is 23.4. The molecule has 0 amide bonds. The van der Waals surface area contributed by atoms with Crippen LogP contribution in [0.3, 0.4) is 0 Å². The monoisotopic (exact) mass is 300 g/mol. The first-order chi connectivity index (χ1) is 10.0. The van der Waals surface area contributed by atoms with E-state index in [-0.39, 0.29) is 5.75 Å².